The van der Waals surface area contributed by atoms with Gasteiger partial charge in [-0.05, 0) is 38.0 Å². The summed E-state index contributed by atoms with van der Waals surface area (Å²) in [6.07, 6.45) is 4.56. The van der Waals surface area contributed by atoms with Crippen LogP contribution in [0.4, 0.5) is 0 Å². The maximum Gasteiger partial charge on any atom is 0.125 e. The van der Waals surface area contributed by atoms with Crippen LogP contribution >= 0.6 is 11.3 Å². The minimum absolute atomic E-state index is 0.152. The van der Waals surface area contributed by atoms with Gasteiger partial charge in [0.2, 0.25) is 0 Å². The van der Waals surface area contributed by atoms with Crippen molar-refractivity contribution >= 4 is 11.3 Å². The molecule has 0 unspecified atom stereocenters. The molecule has 0 aliphatic heterocycles. The van der Waals surface area contributed by atoms with Gasteiger partial charge in [-0.1, -0.05) is 13.8 Å². The highest BCUT2D eigenvalue weighted by Crippen LogP contribution is 2.48. The Bertz CT molecular complexity index is 404. The van der Waals surface area contributed by atoms with Crippen LogP contribution in [-0.2, 0) is 21.7 Å². The normalized spacial score (nSPS) is 21.5. The topological polar surface area (TPSA) is 31.4 Å². The number of thiazole rings is 1. The molecule has 3 nitrogen and oxygen atoms in total. The van der Waals surface area contributed by atoms with Gasteiger partial charge < -0.3 is 9.47 Å². The van der Waals surface area contributed by atoms with Crippen molar-refractivity contribution in [1.82, 2.24) is 4.98 Å². The summed E-state index contributed by atoms with van der Waals surface area (Å²) in [5.74, 6) is 0. The minimum Gasteiger partial charge on any atom is -0.378 e. The lowest BCUT2D eigenvalue weighted by molar-refractivity contribution is -0.0891. The van der Waals surface area contributed by atoms with Gasteiger partial charge in [-0.25, -0.2) is 4.98 Å². The first kappa shape index (κ1) is 14.9. The Balaban J connectivity index is 2.19. The number of nitrogens with zero attached hydrogens (tertiary/aromatic N) is 1. The van der Waals surface area contributed by atoms with Gasteiger partial charge in [-0.2, -0.15) is 0 Å². The zero-order chi connectivity index (χ0) is 13.9. The molecule has 0 bridgehead atoms. The van der Waals surface area contributed by atoms with E-state index in [1.54, 1.807) is 18.4 Å². The first-order valence-electron chi connectivity index (χ1n) is 7.09. The van der Waals surface area contributed by atoms with Crippen LogP contribution in [0, 0.1) is 5.41 Å². The fourth-order valence-electron chi connectivity index (χ4n) is 2.76. The lowest BCUT2D eigenvalue weighted by Crippen LogP contribution is -2.37. The van der Waals surface area contributed by atoms with Crippen LogP contribution in [-0.4, -0.2) is 18.7 Å². The van der Waals surface area contributed by atoms with Crippen LogP contribution in [0.2, 0.25) is 0 Å². The average Bonchev–Trinajstić information content (AvgIpc) is 2.82. The molecular formula is C15H25NO2S. The molecule has 4 heteroatoms. The van der Waals surface area contributed by atoms with E-state index in [9.17, 15) is 0 Å². The molecule has 1 saturated carbocycles. The van der Waals surface area contributed by atoms with Crippen molar-refractivity contribution in [3.63, 3.8) is 0 Å². The highest BCUT2D eigenvalue weighted by Gasteiger charge is 2.42. The summed E-state index contributed by atoms with van der Waals surface area (Å²) in [6, 6.07) is 0. The molecule has 1 aliphatic rings. The van der Waals surface area contributed by atoms with E-state index >= 15 is 0 Å². The summed E-state index contributed by atoms with van der Waals surface area (Å²) < 4.78 is 11.3. The Morgan fingerprint density at radius 1 is 1.26 bits per heavy atom. The molecule has 2 rings (SSSR count). The molecule has 0 radical (unpaired) electrons. The highest BCUT2D eigenvalue weighted by atomic mass is 32.1. The van der Waals surface area contributed by atoms with Gasteiger partial charge in [0.15, 0.2) is 0 Å². The molecule has 0 N–H and O–H groups in total. The van der Waals surface area contributed by atoms with Crippen molar-refractivity contribution in [1.29, 1.82) is 0 Å². The fourth-order valence-corrected chi connectivity index (χ4v) is 3.77. The van der Waals surface area contributed by atoms with Crippen molar-refractivity contribution < 1.29 is 9.47 Å². The molecule has 1 aliphatic carbocycles. The van der Waals surface area contributed by atoms with Gasteiger partial charge in [0.1, 0.15) is 10.6 Å². The smallest absolute Gasteiger partial charge is 0.125 e. The minimum atomic E-state index is -0.152. The molecule has 108 valence electrons. The van der Waals surface area contributed by atoms with E-state index in [4.69, 9.17) is 14.5 Å². The van der Waals surface area contributed by atoms with E-state index in [0.717, 1.165) is 30.2 Å². The summed E-state index contributed by atoms with van der Waals surface area (Å²) in [4.78, 5) is 4.73. The highest BCUT2D eigenvalue weighted by molar-refractivity contribution is 7.09. The number of ether oxygens (including phenoxy) is 2. The van der Waals surface area contributed by atoms with Crippen LogP contribution < -0.4 is 0 Å². The van der Waals surface area contributed by atoms with E-state index in [1.807, 2.05) is 0 Å². The summed E-state index contributed by atoms with van der Waals surface area (Å²) >= 11 is 1.72. The molecule has 0 saturated heterocycles. The van der Waals surface area contributed by atoms with Crippen LogP contribution in [0.3, 0.4) is 0 Å². The van der Waals surface area contributed by atoms with E-state index in [0.29, 0.717) is 12.0 Å². The number of methoxy groups -OCH3 is 1. The Kier molecular flexibility index (Phi) is 4.64. The third kappa shape index (κ3) is 3.36. The number of hydrogen-bond acceptors (Lipinski definition) is 4. The summed E-state index contributed by atoms with van der Waals surface area (Å²) in [5, 5.41) is 3.23. The van der Waals surface area contributed by atoms with Crippen LogP contribution in [0.15, 0.2) is 5.38 Å². The standard InChI is InChI=1S/C15H25NO2S/c1-5-18-15(8-6-14(2,3)7-9-15)13-16-12(10-17-4)11-19-13/h11H,5-10H2,1-4H3. The van der Waals surface area contributed by atoms with Crippen molar-refractivity contribution in [2.45, 2.75) is 58.7 Å². The monoisotopic (exact) mass is 283 g/mol. The molecule has 1 aromatic heterocycles. The number of rotatable bonds is 5. The predicted molar refractivity (Wildman–Crippen MR) is 78.4 cm³/mol. The van der Waals surface area contributed by atoms with Crippen LogP contribution in [0.25, 0.3) is 0 Å². The predicted octanol–water partition coefficient (Wildman–Crippen LogP) is 4.12. The van der Waals surface area contributed by atoms with Crippen molar-refractivity contribution in [3.05, 3.63) is 16.1 Å². The second-order valence-corrected chi connectivity index (χ2v) is 7.03. The number of hydrogen-bond donors (Lipinski definition) is 0. The van der Waals surface area contributed by atoms with Gasteiger partial charge in [0, 0.05) is 19.1 Å². The quantitative estimate of drug-likeness (QED) is 0.814. The summed E-state index contributed by atoms with van der Waals surface area (Å²) in [5.41, 5.74) is 1.31. The SMILES string of the molecule is CCOC1(c2nc(COC)cs2)CCC(C)(C)CC1. The fraction of sp³-hybridized carbons (Fsp3) is 0.800. The summed E-state index contributed by atoms with van der Waals surface area (Å²) in [6.45, 7) is 8.11. The summed E-state index contributed by atoms with van der Waals surface area (Å²) in [7, 11) is 1.71. The van der Waals surface area contributed by atoms with E-state index < -0.39 is 0 Å². The van der Waals surface area contributed by atoms with Crippen LogP contribution in [0.5, 0.6) is 0 Å². The van der Waals surface area contributed by atoms with Gasteiger partial charge in [-0.3, -0.25) is 0 Å². The molecule has 19 heavy (non-hydrogen) atoms. The zero-order valence-electron chi connectivity index (χ0n) is 12.5. The van der Waals surface area contributed by atoms with Crippen molar-refractivity contribution in [2.75, 3.05) is 13.7 Å². The molecular weight excluding hydrogens is 258 g/mol. The average molecular weight is 283 g/mol. The Morgan fingerprint density at radius 2 is 1.95 bits per heavy atom. The van der Waals surface area contributed by atoms with Crippen molar-refractivity contribution in [3.8, 4) is 0 Å². The lowest BCUT2D eigenvalue weighted by atomic mass is 9.71. The molecule has 0 atom stereocenters. The Labute approximate surface area is 120 Å². The number of aromatic nitrogens is 1. The Hall–Kier alpha value is -0.450. The van der Waals surface area contributed by atoms with E-state index in [-0.39, 0.29) is 5.60 Å². The first-order chi connectivity index (χ1) is 9.01. The molecule has 0 spiro atoms. The van der Waals surface area contributed by atoms with Gasteiger partial charge in [0.05, 0.1) is 12.3 Å². The van der Waals surface area contributed by atoms with Crippen molar-refractivity contribution in [2.24, 2.45) is 5.41 Å². The van der Waals surface area contributed by atoms with E-state index in [1.165, 1.54) is 12.8 Å². The second-order valence-electron chi connectivity index (χ2n) is 6.17. The third-order valence-electron chi connectivity index (χ3n) is 4.07. The molecule has 0 aromatic carbocycles. The first-order valence-corrected chi connectivity index (χ1v) is 7.97. The molecule has 1 heterocycles. The molecule has 1 fully saturated rings. The van der Waals surface area contributed by atoms with Gasteiger partial charge >= 0.3 is 0 Å². The van der Waals surface area contributed by atoms with E-state index in [2.05, 4.69) is 26.2 Å². The lowest BCUT2D eigenvalue weighted by Gasteiger charge is -2.42. The van der Waals surface area contributed by atoms with Crippen LogP contribution in [0.1, 0.15) is 57.2 Å². The van der Waals surface area contributed by atoms with Gasteiger partial charge in [-0.15, -0.1) is 11.3 Å². The third-order valence-corrected chi connectivity index (χ3v) is 5.14. The zero-order valence-corrected chi connectivity index (χ0v) is 13.3. The second kappa shape index (κ2) is 5.90. The maximum absolute atomic E-state index is 6.15. The largest absolute Gasteiger partial charge is 0.378 e. The van der Waals surface area contributed by atoms with Gasteiger partial charge in [0.25, 0.3) is 0 Å². The maximum atomic E-state index is 6.15. The molecule has 1 aromatic rings. The Morgan fingerprint density at radius 3 is 2.53 bits per heavy atom. The molecule has 0 amide bonds.